The second-order valence-electron chi connectivity index (χ2n) is 3.52. The fourth-order valence-corrected chi connectivity index (χ4v) is 2.08. The van der Waals surface area contributed by atoms with Crippen LogP contribution in [0.15, 0.2) is 34.8 Å². The van der Waals surface area contributed by atoms with Crippen molar-refractivity contribution in [3.8, 4) is 11.3 Å². The highest BCUT2D eigenvalue weighted by molar-refractivity contribution is 9.10. The van der Waals surface area contributed by atoms with E-state index in [1.54, 1.807) is 0 Å². The van der Waals surface area contributed by atoms with Crippen molar-refractivity contribution in [2.45, 2.75) is 12.3 Å². The second kappa shape index (κ2) is 5.34. The van der Waals surface area contributed by atoms with Gasteiger partial charge in [-0.05, 0) is 22.9 Å². The molecule has 2 aromatic rings. The third-order valence-electron chi connectivity index (χ3n) is 2.23. The van der Waals surface area contributed by atoms with Crippen molar-refractivity contribution in [2.75, 3.05) is 0 Å². The Labute approximate surface area is 118 Å². The molecular weight excluding hydrogens is 323 g/mol. The van der Waals surface area contributed by atoms with Crippen molar-refractivity contribution in [1.82, 2.24) is 9.97 Å². The lowest BCUT2D eigenvalue weighted by molar-refractivity contribution is 0.909. The number of hydrogen-bond donors (Lipinski definition) is 0. The molecule has 0 N–H and O–H groups in total. The summed E-state index contributed by atoms with van der Waals surface area (Å²) in [6.07, 6.45) is 0. The zero-order valence-electron chi connectivity index (χ0n) is 8.99. The Morgan fingerprint density at radius 2 is 1.82 bits per heavy atom. The standard InChI is InChI=1S/C12H9BrCl2N2/c1-7(14)12-16-10(9(13)11(15)17-12)8-5-3-2-4-6-8/h2-7H,1H3. The van der Waals surface area contributed by atoms with Crippen molar-refractivity contribution in [3.05, 3.63) is 45.8 Å². The maximum absolute atomic E-state index is 6.06. The van der Waals surface area contributed by atoms with Crippen molar-refractivity contribution >= 4 is 39.1 Å². The predicted molar refractivity (Wildman–Crippen MR) is 74.4 cm³/mol. The van der Waals surface area contributed by atoms with Crippen LogP contribution in [0.2, 0.25) is 5.15 Å². The van der Waals surface area contributed by atoms with Gasteiger partial charge in [-0.25, -0.2) is 9.97 Å². The van der Waals surface area contributed by atoms with Gasteiger partial charge >= 0.3 is 0 Å². The molecule has 5 heteroatoms. The molecule has 1 aromatic carbocycles. The number of benzene rings is 1. The van der Waals surface area contributed by atoms with E-state index >= 15 is 0 Å². The summed E-state index contributed by atoms with van der Waals surface area (Å²) in [5.74, 6) is 0.527. The quantitative estimate of drug-likeness (QED) is 0.580. The number of hydrogen-bond acceptors (Lipinski definition) is 2. The Balaban J connectivity index is 2.61. The Kier molecular flexibility index (Phi) is 4.02. The highest BCUT2D eigenvalue weighted by atomic mass is 79.9. The summed E-state index contributed by atoms with van der Waals surface area (Å²) < 4.78 is 0.687. The van der Waals surface area contributed by atoms with Crippen LogP contribution in [0.5, 0.6) is 0 Å². The molecule has 0 aliphatic carbocycles. The average Bonchev–Trinajstić information content (AvgIpc) is 2.33. The summed E-state index contributed by atoms with van der Waals surface area (Å²) in [7, 11) is 0. The molecule has 0 bridgehead atoms. The second-order valence-corrected chi connectivity index (χ2v) is 5.32. The Morgan fingerprint density at radius 3 is 2.41 bits per heavy atom. The number of halogens is 3. The molecule has 2 rings (SSSR count). The molecule has 17 heavy (non-hydrogen) atoms. The minimum atomic E-state index is -0.275. The third kappa shape index (κ3) is 2.79. The highest BCUT2D eigenvalue weighted by Crippen LogP contribution is 2.32. The first kappa shape index (κ1) is 12.8. The SMILES string of the molecule is CC(Cl)c1nc(Cl)c(Br)c(-c2ccccc2)n1. The van der Waals surface area contributed by atoms with E-state index in [2.05, 4.69) is 25.9 Å². The average molecular weight is 332 g/mol. The molecule has 0 amide bonds. The van der Waals surface area contributed by atoms with Gasteiger partial charge in [0.2, 0.25) is 0 Å². The van der Waals surface area contributed by atoms with E-state index in [4.69, 9.17) is 23.2 Å². The number of nitrogens with zero attached hydrogens (tertiary/aromatic N) is 2. The van der Waals surface area contributed by atoms with Gasteiger partial charge in [-0.15, -0.1) is 11.6 Å². The van der Waals surface area contributed by atoms with Crippen LogP contribution in [-0.2, 0) is 0 Å². The van der Waals surface area contributed by atoms with Crippen LogP contribution in [0.1, 0.15) is 18.1 Å². The van der Waals surface area contributed by atoms with E-state index < -0.39 is 0 Å². The molecule has 0 aliphatic heterocycles. The summed E-state index contributed by atoms with van der Waals surface area (Å²) in [4.78, 5) is 8.56. The smallest absolute Gasteiger partial charge is 0.148 e. The van der Waals surface area contributed by atoms with Gasteiger partial charge < -0.3 is 0 Å². The Hall–Kier alpha value is -0.640. The first-order chi connectivity index (χ1) is 8.09. The molecule has 1 aromatic heterocycles. The minimum Gasteiger partial charge on any atom is -0.230 e. The summed E-state index contributed by atoms with van der Waals surface area (Å²) in [5.41, 5.74) is 1.73. The third-order valence-corrected chi connectivity index (χ3v) is 3.68. The zero-order valence-corrected chi connectivity index (χ0v) is 12.1. The normalized spacial score (nSPS) is 12.5. The summed E-state index contributed by atoms with van der Waals surface area (Å²) in [6, 6.07) is 9.77. The summed E-state index contributed by atoms with van der Waals surface area (Å²) in [6.45, 7) is 1.82. The topological polar surface area (TPSA) is 25.8 Å². The fraction of sp³-hybridized carbons (Fsp3) is 0.167. The maximum Gasteiger partial charge on any atom is 0.148 e. The summed E-state index contributed by atoms with van der Waals surface area (Å²) in [5, 5.41) is 0.101. The van der Waals surface area contributed by atoms with E-state index in [0.29, 0.717) is 15.5 Å². The van der Waals surface area contributed by atoms with Crippen molar-refractivity contribution in [1.29, 1.82) is 0 Å². The van der Waals surface area contributed by atoms with Crippen LogP contribution < -0.4 is 0 Å². The van der Waals surface area contributed by atoms with Crippen LogP contribution in [0.25, 0.3) is 11.3 Å². The zero-order chi connectivity index (χ0) is 12.4. The molecule has 1 unspecified atom stereocenters. The van der Waals surface area contributed by atoms with E-state index in [1.807, 2.05) is 37.3 Å². The van der Waals surface area contributed by atoms with E-state index in [1.165, 1.54) is 0 Å². The van der Waals surface area contributed by atoms with E-state index in [9.17, 15) is 0 Å². The van der Waals surface area contributed by atoms with Gasteiger partial charge in [0.25, 0.3) is 0 Å². The van der Waals surface area contributed by atoms with E-state index in [0.717, 1.165) is 11.3 Å². The lowest BCUT2D eigenvalue weighted by Crippen LogP contribution is -1.99. The maximum atomic E-state index is 6.06. The molecule has 2 nitrogen and oxygen atoms in total. The summed E-state index contributed by atoms with van der Waals surface area (Å²) >= 11 is 15.4. The molecule has 1 atom stereocenters. The molecule has 0 fully saturated rings. The van der Waals surface area contributed by atoms with Gasteiger partial charge in [0, 0.05) is 5.56 Å². The van der Waals surface area contributed by atoms with E-state index in [-0.39, 0.29) is 5.38 Å². The molecular formula is C12H9BrCl2N2. The highest BCUT2D eigenvalue weighted by Gasteiger charge is 2.14. The molecule has 1 heterocycles. The Morgan fingerprint density at radius 1 is 1.18 bits per heavy atom. The molecule has 0 aliphatic rings. The molecule has 0 saturated heterocycles. The number of rotatable bonds is 2. The minimum absolute atomic E-state index is 0.275. The first-order valence-electron chi connectivity index (χ1n) is 5.02. The first-order valence-corrected chi connectivity index (χ1v) is 6.62. The number of aromatic nitrogens is 2. The van der Waals surface area contributed by atoms with Crippen LogP contribution in [0.4, 0.5) is 0 Å². The van der Waals surface area contributed by atoms with Crippen molar-refractivity contribution in [3.63, 3.8) is 0 Å². The van der Waals surface area contributed by atoms with Crippen LogP contribution in [0, 0.1) is 0 Å². The lowest BCUT2D eigenvalue weighted by atomic mass is 10.1. The molecule has 0 radical (unpaired) electrons. The van der Waals surface area contributed by atoms with Crippen LogP contribution in [-0.4, -0.2) is 9.97 Å². The van der Waals surface area contributed by atoms with Gasteiger partial charge in [0.05, 0.1) is 15.5 Å². The molecule has 0 saturated carbocycles. The monoisotopic (exact) mass is 330 g/mol. The van der Waals surface area contributed by atoms with Crippen LogP contribution in [0.3, 0.4) is 0 Å². The van der Waals surface area contributed by atoms with Crippen molar-refractivity contribution in [2.24, 2.45) is 0 Å². The number of alkyl halides is 1. The Bertz CT molecular complexity index is 530. The van der Waals surface area contributed by atoms with Gasteiger partial charge in [0.1, 0.15) is 11.0 Å². The van der Waals surface area contributed by atoms with Crippen LogP contribution >= 0.6 is 39.1 Å². The van der Waals surface area contributed by atoms with Gasteiger partial charge in [-0.3, -0.25) is 0 Å². The molecule has 0 spiro atoms. The van der Waals surface area contributed by atoms with Crippen molar-refractivity contribution < 1.29 is 0 Å². The largest absolute Gasteiger partial charge is 0.230 e. The molecule has 88 valence electrons. The van der Waals surface area contributed by atoms with Gasteiger partial charge in [-0.2, -0.15) is 0 Å². The fourth-order valence-electron chi connectivity index (χ4n) is 1.40. The lowest BCUT2D eigenvalue weighted by Gasteiger charge is -2.09. The predicted octanol–water partition coefficient (Wildman–Crippen LogP) is 4.86. The van der Waals surface area contributed by atoms with Gasteiger partial charge in [-0.1, -0.05) is 41.9 Å². The van der Waals surface area contributed by atoms with Gasteiger partial charge in [0.15, 0.2) is 0 Å².